The fourth-order valence-electron chi connectivity index (χ4n) is 2.45. The molecule has 1 aliphatic heterocycles. The highest BCUT2D eigenvalue weighted by Gasteiger charge is 2.46. The summed E-state index contributed by atoms with van der Waals surface area (Å²) >= 11 is 0. The van der Waals surface area contributed by atoms with Crippen LogP contribution in [0.1, 0.15) is 11.1 Å². The largest absolute Gasteiger partial charge is 0.394 e. The first-order chi connectivity index (χ1) is 10.5. The minimum atomic E-state index is -1.42. The first-order valence-corrected chi connectivity index (χ1v) is 7.14. The number of ether oxygens (including phenoxy) is 1. The Morgan fingerprint density at radius 2 is 1.73 bits per heavy atom. The molecule has 7 nitrogen and oxygen atoms in total. The number of aliphatic hydroxyl groups is 4. The van der Waals surface area contributed by atoms with Crippen LogP contribution >= 0.6 is 0 Å². The van der Waals surface area contributed by atoms with E-state index in [1.165, 1.54) is 12.2 Å². The lowest BCUT2D eigenvalue weighted by Crippen LogP contribution is -2.62. The van der Waals surface area contributed by atoms with Crippen LogP contribution in [0.2, 0.25) is 0 Å². The smallest absolute Gasteiger partial charge is 0.162 e. The van der Waals surface area contributed by atoms with Crippen molar-refractivity contribution in [1.82, 2.24) is 5.06 Å². The molecule has 1 aromatic carbocycles. The number of rotatable bonds is 5. The quantitative estimate of drug-likeness (QED) is 0.526. The second-order valence-corrected chi connectivity index (χ2v) is 5.46. The van der Waals surface area contributed by atoms with Crippen molar-refractivity contribution in [2.45, 2.75) is 44.1 Å². The molecule has 1 saturated heterocycles. The zero-order valence-electron chi connectivity index (χ0n) is 12.7. The molecule has 0 aromatic heterocycles. The van der Waals surface area contributed by atoms with Crippen LogP contribution in [0.3, 0.4) is 0 Å². The monoisotopic (exact) mass is 313 g/mol. The van der Waals surface area contributed by atoms with Crippen LogP contribution in [-0.4, -0.2) is 69.8 Å². The van der Waals surface area contributed by atoms with Crippen LogP contribution in [0.5, 0.6) is 0 Å². The van der Waals surface area contributed by atoms with E-state index in [0.29, 0.717) is 6.54 Å². The molecule has 4 N–H and O–H groups in total. The number of aliphatic hydroxyl groups excluding tert-OH is 4. The number of hydroxylamine groups is 2. The van der Waals surface area contributed by atoms with E-state index >= 15 is 0 Å². The van der Waals surface area contributed by atoms with Gasteiger partial charge in [0.1, 0.15) is 24.4 Å². The predicted octanol–water partition coefficient (Wildman–Crippen LogP) is -0.842. The molecule has 22 heavy (non-hydrogen) atoms. The van der Waals surface area contributed by atoms with Gasteiger partial charge >= 0.3 is 0 Å². The lowest BCUT2D eigenvalue weighted by molar-refractivity contribution is -0.331. The summed E-state index contributed by atoms with van der Waals surface area (Å²) in [4.78, 5) is 5.24. The summed E-state index contributed by atoms with van der Waals surface area (Å²) in [6.07, 6.45) is -6.12. The topological polar surface area (TPSA) is 103 Å². The van der Waals surface area contributed by atoms with Gasteiger partial charge in [-0.1, -0.05) is 29.8 Å². The Kier molecular flexibility index (Phi) is 5.87. The Bertz CT molecular complexity index is 466. The average Bonchev–Trinajstić information content (AvgIpc) is 2.53. The molecule has 1 aromatic rings. The van der Waals surface area contributed by atoms with E-state index in [1.807, 2.05) is 31.2 Å². The third-order valence-electron chi connectivity index (χ3n) is 3.84. The second-order valence-electron chi connectivity index (χ2n) is 5.46. The Hall–Kier alpha value is -1.06. The first-order valence-electron chi connectivity index (χ1n) is 7.14. The molecule has 0 spiro atoms. The average molecular weight is 313 g/mol. The van der Waals surface area contributed by atoms with E-state index in [1.54, 1.807) is 0 Å². The van der Waals surface area contributed by atoms with E-state index in [9.17, 15) is 20.4 Å². The van der Waals surface area contributed by atoms with Gasteiger partial charge in [0.2, 0.25) is 0 Å². The molecule has 1 heterocycles. The molecule has 0 radical (unpaired) electrons. The summed E-state index contributed by atoms with van der Waals surface area (Å²) in [6.45, 7) is 1.83. The van der Waals surface area contributed by atoms with Gasteiger partial charge in [-0.25, -0.2) is 0 Å². The minimum absolute atomic E-state index is 0.319. The predicted molar refractivity (Wildman–Crippen MR) is 77.5 cm³/mol. The van der Waals surface area contributed by atoms with Crippen LogP contribution < -0.4 is 0 Å². The second kappa shape index (κ2) is 7.47. The Morgan fingerprint density at radius 3 is 2.27 bits per heavy atom. The molecule has 7 heteroatoms. The molecule has 1 fully saturated rings. The maximum atomic E-state index is 10.1. The molecule has 1 unspecified atom stereocenters. The Balaban J connectivity index is 2.13. The van der Waals surface area contributed by atoms with Gasteiger partial charge in [0.15, 0.2) is 6.23 Å². The van der Waals surface area contributed by atoms with Gasteiger partial charge in [0, 0.05) is 0 Å². The molecule has 1 aliphatic rings. The summed E-state index contributed by atoms with van der Waals surface area (Å²) in [5, 5.41) is 40.3. The van der Waals surface area contributed by atoms with Crippen molar-refractivity contribution in [2.75, 3.05) is 13.7 Å². The maximum Gasteiger partial charge on any atom is 0.162 e. The SMILES string of the molecule is CON(Cc1ccc(C)cc1)C1O[C@H](CO)[C@@H](O)[C@H](O)[C@H]1O. The van der Waals surface area contributed by atoms with E-state index in [0.717, 1.165) is 11.1 Å². The van der Waals surface area contributed by atoms with Crippen molar-refractivity contribution in [2.24, 2.45) is 0 Å². The van der Waals surface area contributed by atoms with Crippen LogP contribution in [0.4, 0.5) is 0 Å². The molecule has 0 bridgehead atoms. The van der Waals surface area contributed by atoms with Gasteiger partial charge < -0.3 is 25.2 Å². The van der Waals surface area contributed by atoms with Gasteiger partial charge in [0.05, 0.1) is 20.3 Å². The molecular formula is C15H23NO6. The zero-order valence-corrected chi connectivity index (χ0v) is 12.7. The van der Waals surface area contributed by atoms with Crippen LogP contribution in [0.15, 0.2) is 24.3 Å². The summed E-state index contributed by atoms with van der Waals surface area (Å²) in [7, 11) is 1.43. The lowest BCUT2D eigenvalue weighted by atomic mass is 9.98. The molecule has 0 amide bonds. The summed E-state index contributed by atoms with van der Waals surface area (Å²) in [5.74, 6) is 0. The highest BCUT2D eigenvalue weighted by Crippen LogP contribution is 2.25. The lowest BCUT2D eigenvalue weighted by Gasteiger charge is -2.43. The number of nitrogens with zero attached hydrogens (tertiary/aromatic N) is 1. The molecule has 5 atom stereocenters. The summed E-state index contributed by atoms with van der Waals surface area (Å²) < 4.78 is 5.47. The number of hydrogen-bond donors (Lipinski definition) is 4. The van der Waals surface area contributed by atoms with Crippen LogP contribution in [0.25, 0.3) is 0 Å². The number of aryl methyl sites for hydroxylation is 1. The number of hydrogen-bond acceptors (Lipinski definition) is 7. The van der Waals surface area contributed by atoms with E-state index in [4.69, 9.17) is 9.57 Å². The van der Waals surface area contributed by atoms with Crippen molar-refractivity contribution >= 4 is 0 Å². The fraction of sp³-hybridized carbons (Fsp3) is 0.600. The normalized spacial score (nSPS) is 32.4. The van der Waals surface area contributed by atoms with E-state index in [-0.39, 0.29) is 0 Å². The molecule has 0 aliphatic carbocycles. The Labute approximate surface area is 129 Å². The summed E-state index contributed by atoms with van der Waals surface area (Å²) in [6, 6.07) is 7.75. The molecule has 124 valence electrons. The third-order valence-corrected chi connectivity index (χ3v) is 3.84. The van der Waals surface area contributed by atoms with Gasteiger partial charge in [-0.3, -0.25) is 4.84 Å². The third kappa shape index (κ3) is 3.64. The minimum Gasteiger partial charge on any atom is -0.394 e. The zero-order chi connectivity index (χ0) is 16.3. The highest BCUT2D eigenvalue weighted by atomic mass is 16.7. The standard InChI is InChI=1S/C15H23NO6/c1-9-3-5-10(6-4-9)7-16(21-2)15-14(20)13(19)12(18)11(8-17)22-15/h3-6,11-15,17-20H,7-8H2,1-2H3/t11-,12-,13+,14-,15?/m1/s1. The first kappa shape index (κ1) is 17.3. The van der Waals surface area contributed by atoms with Crippen molar-refractivity contribution in [3.63, 3.8) is 0 Å². The van der Waals surface area contributed by atoms with Crippen molar-refractivity contribution in [1.29, 1.82) is 0 Å². The molecular weight excluding hydrogens is 290 g/mol. The van der Waals surface area contributed by atoms with Gasteiger partial charge in [-0.05, 0) is 12.5 Å². The maximum absolute atomic E-state index is 10.1. The summed E-state index contributed by atoms with van der Waals surface area (Å²) in [5.41, 5.74) is 2.06. The molecule has 2 rings (SSSR count). The highest BCUT2D eigenvalue weighted by molar-refractivity contribution is 5.21. The fourth-order valence-corrected chi connectivity index (χ4v) is 2.45. The van der Waals surface area contributed by atoms with Gasteiger partial charge in [-0.2, -0.15) is 5.06 Å². The van der Waals surface area contributed by atoms with Crippen LogP contribution in [0, 0.1) is 6.92 Å². The number of benzene rings is 1. The van der Waals surface area contributed by atoms with E-state index in [2.05, 4.69) is 0 Å². The van der Waals surface area contributed by atoms with E-state index < -0.39 is 37.3 Å². The molecule has 0 saturated carbocycles. The van der Waals surface area contributed by atoms with Crippen LogP contribution in [-0.2, 0) is 16.1 Å². The van der Waals surface area contributed by atoms with Gasteiger partial charge in [-0.15, -0.1) is 0 Å². The van der Waals surface area contributed by atoms with Crippen molar-refractivity contribution < 1.29 is 30.0 Å². The Morgan fingerprint density at radius 1 is 1.09 bits per heavy atom. The van der Waals surface area contributed by atoms with Crippen molar-refractivity contribution in [3.8, 4) is 0 Å². The van der Waals surface area contributed by atoms with Gasteiger partial charge in [0.25, 0.3) is 0 Å². The van der Waals surface area contributed by atoms with Crippen molar-refractivity contribution in [3.05, 3.63) is 35.4 Å².